The van der Waals surface area contributed by atoms with Gasteiger partial charge in [0.25, 0.3) is 0 Å². The summed E-state index contributed by atoms with van der Waals surface area (Å²) in [5.74, 6) is 0.0738. The minimum atomic E-state index is -0.578. The third-order valence-electron chi connectivity index (χ3n) is 5.16. The molecule has 26 heavy (non-hydrogen) atoms. The number of piperidine rings is 1. The first kappa shape index (κ1) is 19.3. The van der Waals surface area contributed by atoms with Crippen molar-refractivity contribution >= 4 is 23.2 Å². The predicted molar refractivity (Wildman–Crippen MR) is 99.6 cm³/mol. The Morgan fingerprint density at radius 3 is 3.00 bits per heavy atom. The summed E-state index contributed by atoms with van der Waals surface area (Å²) in [6.07, 6.45) is 4.09. The van der Waals surface area contributed by atoms with Gasteiger partial charge in [-0.15, -0.1) is 11.3 Å². The number of rotatable bonds is 6. The summed E-state index contributed by atoms with van der Waals surface area (Å²) in [5, 5.41) is 15.3. The standard InChI is InChI=1S/C18H28N4O3S/c23-16-11-21(10-14-12-26-13-19-14)8-5-15(16)20-17(24)6-9-22-7-3-1-2-4-18(22)25/h12-13,15-16,23H,1-11H2,(H,20,24)/t15-,16-/m1/s1. The van der Waals surface area contributed by atoms with Crippen LogP contribution < -0.4 is 5.32 Å². The molecule has 2 N–H and O–H groups in total. The van der Waals surface area contributed by atoms with E-state index in [1.165, 1.54) is 0 Å². The van der Waals surface area contributed by atoms with Gasteiger partial charge in [-0.1, -0.05) is 6.42 Å². The van der Waals surface area contributed by atoms with E-state index in [0.717, 1.165) is 51.0 Å². The van der Waals surface area contributed by atoms with E-state index in [9.17, 15) is 14.7 Å². The molecule has 0 spiro atoms. The molecule has 2 fully saturated rings. The Morgan fingerprint density at radius 2 is 2.23 bits per heavy atom. The minimum absolute atomic E-state index is 0.0842. The second kappa shape index (κ2) is 9.43. The van der Waals surface area contributed by atoms with E-state index < -0.39 is 6.10 Å². The number of aromatic nitrogens is 1. The molecule has 3 rings (SSSR count). The van der Waals surface area contributed by atoms with Crippen molar-refractivity contribution in [1.29, 1.82) is 0 Å². The molecule has 2 amide bonds. The van der Waals surface area contributed by atoms with Crippen LogP contribution in [0.2, 0.25) is 0 Å². The topological polar surface area (TPSA) is 85.8 Å². The second-order valence-electron chi connectivity index (χ2n) is 7.19. The number of carbonyl (C=O) groups is 2. The van der Waals surface area contributed by atoms with Gasteiger partial charge in [0.05, 0.1) is 23.4 Å². The van der Waals surface area contributed by atoms with Crippen LogP contribution in [0.3, 0.4) is 0 Å². The Morgan fingerprint density at radius 1 is 1.35 bits per heavy atom. The first-order valence-electron chi connectivity index (χ1n) is 9.46. The molecule has 0 radical (unpaired) electrons. The lowest BCUT2D eigenvalue weighted by Gasteiger charge is -2.36. The molecule has 1 aromatic heterocycles. The summed E-state index contributed by atoms with van der Waals surface area (Å²) in [4.78, 5) is 32.5. The summed E-state index contributed by atoms with van der Waals surface area (Å²) in [5.41, 5.74) is 2.83. The van der Waals surface area contributed by atoms with Gasteiger partial charge >= 0.3 is 0 Å². The van der Waals surface area contributed by atoms with Crippen molar-refractivity contribution in [1.82, 2.24) is 20.1 Å². The van der Waals surface area contributed by atoms with Gasteiger partial charge < -0.3 is 15.3 Å². The highest BCUT2D eigenvalue weighted by molar-refractivity contribution is 7.07. The van der Waals surface area contributed by atoms with Crippen molar-refractivity contribution in [3.8, 4) is 0 Å². The first-order chi connectivity index (χ1) is 12.6. The Kier molecular flexibility index (Phi) is 6.99. The number of hydrogen-bond acceptors (Lipinski definition) is 6. The lowest BCUT2D eigenvalue weighted by Crippen LogP contribution is -2.54. The van der Waals surface area contributed by atoms with Gasteiger partial charge in [-0.3, -0.25) is 14.5 Å². The molecule has 2 aliphatic rings. The molecule has 0 unspecified atom stereocenters. The highest BCUT2D eigenvalue weighted by atomic mass is 32.1. The summed E-state index contributed by atoms with van der Waals surface area (Å²) in [6.45, 7) is 3.32. The molecule has 1 aromatic rings. The number of β-amino-alcohol motifs (C(OH)–C–C–N with tert-alkyl or cyclic N) is 1. The summed E-state index contributed by atoms with van der Waals surface area (Å²) in [7, 11) is 0. The van der Waals surface area contributed by atoms with Gasteiger partial charge in [-0.25, -0.2) is 4.98 Å². The van der Waals surface area contributed by atoms with Crippen LogP contribution in [-0.2, 0) is 16.1 Å². The van der Waals surface area contributed by atoms with Crippen LogP contribution in [0.5, 0.6) is 0 Å². The van der Waals surface area contributed by atoms with E-state index in [-0.39, 0.29) is 17.9 Å². The van der Waals surface area contributed by atoms with E-state index in [2.05, 4.69) is 15.2 Å². The number of carbonyl (C=O) groups excluding carboxylic acids is 2. The third-order valence-corrected chi connectivity index (χ3v) is 5.80. The van der Waals surface area contributed by atoms with Gasteiger partial charge in [-0.2, -0.15) is 0 Å². The van der Waals surface area contributed by atoms with Gasteiger partial charge in [0.2, 0.25) is 11.8 Å². The number of likely N-dealkylation sites (tertiary alicyclic amines) is 2. The fraction of sp³-hybridized carbons (Fsp3) is 0.722. The Labute approximate surface area is 158 Å². The largest absolute Gasteiger partial charge is 0.390 e. The van der Waals surface area contributed by atoms with E-state index >= 15 is 0 Å². The van der Waals surface area contributed by atoms with Gasteiger partial charge in [-0.05, 0) is 19.3 Å². The molecule has 0 bridgehead atoms. The van der Waals surface area contributed by atoms with E-state index in [0.29, 0.717) is 25.9 Å². The average Bonchev–Trinajstić information content (AvgIpc) is 3.03. The Bertz CT molecular complexity index is 595. The van der Waals surface area contributed by atoms with Crippen molar-refractivity contribution in [2.45, 2.75) is 57.2 Å². The summed E-state index contributed by atoms with van der Waals surface area (Å²) in [6, 6.07) is -0.214. The lowest BCUT2D eigenvalue weighted by molar-refractivity contribution is -0.131. The second-order valence-corrected chi connectivity index (χ2v) is 7.91. The number of nitrogens with one attached hydrogen (secondary N) is 1. The van der Waals surface area contributed by atoms with Crippen LogP contribution >= 0.6 is 11.3 Å². The maximum Gasteiger partial charge on any atom is 0.222 e. The smallest absolute Gasteiger partial charge is 0.222 e. The predicted octanol–water partition coefficient (Wildman–Crippen LogP) is 0.987. The molecule has 2 saturated heterocycles. The molecular formula is C18H28N4O3S. The number of thiazole rings is 1. The highest BCUT2D eigenvalue weighted by Gasteiger charge is 2.29. The van der Waals surface area contributed by atoms with Gasteiger partial charge in [0.1, 0.15) is 0 Å². The monoisotopic (exact) mass is 380 g/mol. The maximum absolute atomic E-state index is 12.2. The molecule has 2 aliphatic heterocycles. The molecule has 144 valence electrons. The van der Waals surface area contributed by atoms with Crippen molar-refractivity contribution in [2.75, 3.05) is 26.2 Å². The molecular weight excluding hydrogens is 352 g/mol. The van der Waals surface area contributed by atoms with Crippen LogP contribution in [0.4, 0.5) is 0 Å². The lowest BCUT2D eigenvalue weighted by atomic mass is 10.0. The number of aliphatic hydroxyl groups is 1. The summed E-state index contributed by atoms with van der Waals surface area (Å²) >= 11 is 1.57. The van der Waals surface area contributed by atoms with E-state index in [4.69, 9.17) is 0 Å². The molecule has 0 aliphatic carbocycles. The average molecular weight is 381 g/mol. The van der Waals surface area contributed by atoms with Crippen LogP contribution in [-0.4, -0.2) is 70.0 Å². The molecule has 7 nitrogen and oxygen atoms in total. The van der Waals surface area contributed by atoms with Gasteiger partial charge in [0.15, 0.2) is 0 Å². The van der Waals surface area contributed by atoms with Crippen LogP contribution in [0.25, 0.3) is 0 Å². The van der Waals surface area contributed by atoms with Crippen molar-refractivity contribution in [3.63, 3.8) is 0 Å². The molecule has 8 heteroatoms. The Balaban J connectivity index is 1.39. The van der Waals surface area contributed by atoms with Crippen molar-refractivity contribution in [3.05, 3.63) is 16.6 Å². The van der Waals surface area contributed by atoms with E-state index in [1.807, 2.05) is 10.9 Å². The fourth-order valence-electron chi connectivity index (χ4n) is 3.64. The third kappa shape index (κ3) is 5.49. The number of aliphatic hydroxyl groups excluding tert-OH is 1. The summed E-state index contributed by atoms with van der Waals surface area (Å²) < 4.78 is 0. The first-order valence-corrected chi connectivity index (χ1v) is 10.4. The zero-order valence-corrected chi connectivity index (χ0v) is 15.9. The number of hydrogen-bond donors (Lipinski definition) is 2. The van der Waals surface area contributed by atoms with Crippen LogP contribution in [0.15, 0.2) is 10.9 Å². The fourth-order valence-corrected chi connectivity index (χ4v) is 4.19. The van der Waals surface area contributed by atoms with Crippen LogP contribution in [0, 0.1) is 0 Å². The minimum Gasteiger partial charge on any atom is -0.390 e. The SMILES string of the molecule is O=C(CCN1CCCCCC1=O)N[C@@H]1CCN(Cc2cscn2)C[C@H]1O. The molecule has 2 atom stereocenters. The number of amides is 2. The molecule has 3 heterocycles. The quantitative estimate of drug-likeness (QED) is 0.769. The Hall–Kier alpha value is -1.51. The van der Waals surface area contributed by atoms with Crippen molar-refractivity contribution < 1.29 is 14.7 Å². The molecule has 0 saturated carbocycles. The molecule has 0 aromatic carbocycles. The van der Waals surface area contributed by atoms with Gasteiger partial charge in [0, 0.05) is 50.9 Å². The highest BCUT2D eigenvalue weighted by Crippen LogP contribution is 2.15. The zero-order chi connectivity index (χ0) is 18.4. The van der Waals surface area contributed by atoms with Crippen LogP contribution in [0.1, 0.15) is 44.2 Å². The normalized spacial score (nSPS) is 25.1. The number of nitrogens with zero attached hydrogens (tertiary/aromatic N) is 3. The maximum atomic E-state index is 12.2. The zero-order valence-electron chi connectivity index (χ0n) is 15.1. The van der Waals surface area contributed by atoms with E-state index in [1.54, 1.807) is 16.2 Å². The van der Waals surface area contributed by atoms with Crippen molar-refractivity contribution in [2.24, 2.45) is 0 Å².